The largest absolute Gasteiger partial charge is 0.472 e. The maximum absolute atomic E-state index is 12.1. The topological polar surface area (TPSA) is 82.8 Å². The molecule has 0 bridgehead atoms. The Morgan fingerprint density at radius 3 is 3.05 bits per heavy atom. The number of carbonyl (C=O) groups is 2. The maximum Gasteiger partial charge on any atom is 0.254 e. The standard InChI is InChI=1S/C15H22N2O4/c18-8-4-12-2-1-7-17(10-12)14(19)3-6-16-15(20)13-5-9-21-11-13/h5,9,11-12,18H,1-4,6-8,10H2,(H,16,20). The van der Waals surface area contributed by atoms with Gasteiger partial charge in [-0.25, -0.2) is 0 Å². The second-order valence-electron chi connectivity index (χ2n) is 5.38. The molecule has 1 aliphatic rings. The molecule has 0 spiro atoms. The molecule has 1 unspecified atom stereocenters. The zero-order valence-corrected chi connectivity index (χ0v) is 12.1. The lowest BCUT2D eigenvalue weighted by Crippen LogP contribution is -2.41. The SMILES string of the molecule is O=C(NCCC(=O)N1CCCC(CCO)C1)c1ccoc1. The molecule has 21 heavy (non-hydrogen) atoms. The number of nitrogens with zero attached hydrogens (tertiary/aromatic N) is 1. The summed E-state index contributed by atoms with van der Waals surface area (Å²) in [5.74, 6) is 0.228. The highest BCUT2D eigenvalue weighted by molar-refractivity contribution is 5.94. The van der Waals surface area contributed by atoms with Crippen LogP contribution in [0.25, 0.3) is 0 Å². The van der Waals surface area contributed by atoms with E-state index in [0.29, 0.717) is 24.4 Å². The maximum atomic E-state index is 12.1. The van der Waals surface area contributed by atoms with E-state index in [1.807, 2.05) is 4.90 Å². The minimum absolute atomic E-state index is 0.0603. The molecular formula is C15H22N2O4. The summed E-state index contributed by atoms with van der Waals surface area (Å²) in [5.41, 5.74) is 0.462. The van der Waals surface area contributed by atoms with E-state index in [1.165, 1.54) is 12.5 Å². The first-order valence-electron chi connectivity index (χ1n) is 7.39. The molecular weight excluding hydrogens is 272 g/mol. The summed E-state index contributed by atoms with van der Waals surface area (Å²) in [6.45, 7) is 1.99. The van der Waals surface area contributed by atoms with Gasteiger partial charge in [-0.15, -0.1) is 0 Å². The number of likely N-dealkylation sites (tertiary alicyclic amines) is 1. The van der Waals surface area contributed by atoms with E-state index >= 15 is 0 Å². The average molecular weight is 294 g/mol. The first-order chi connectivity index (χ1) is 10.2. The molecule has 2 amide bonds. The van der Waals surface area contributed by atoms with Crippen LogP contribution in [0.15, 0.2) is 23.0 Å². The van der Waals surface area contributed by atoms with Crippen molar-refractivity contribution in [3.05, 3.63) is 24.2 Å². The molecule has 0 aromatic carbocycles. The molecule has 2 heterocycles. The predicted octanol–water partition coefficient (Wildman–Crippen LogP) is 1.02. The van der Waals surface area contributed by atoms with Crippen LogP contribution in [0.2, 0.25) is 0 Å². The number of amides is 2. The summed E-state index contributed by atoms with van der Waals surface area (Å²) in [5, 5.41) is 11.7. The summed E-state index contributed by atoms with van der Waals surface area (Å²) >= 11 is 0. The van der Waals surface area contributed by atoms with Crippen molar-refractivity contribution in [2.45, 2.75) is 25.7 Å². The van der Waals surface area contributed by atoms with Crippen LogP contribution >= 0.6 is 0 Å². The molecule has 0 radical (unpaired) electrons. The normalized spacial score (nSPS) is 18.5. The Morgan fingerprint density at radius 2 is 2.33 bits per heavy atom. The van der Waals surface area contributed by atoms with E-state index in [2.05, 4.69) is 5.32 Å². The third-order valence-electron chi connectivity index (χ3n) is 3.82. The van der Waals surface area contributed by atoms with Crippen LogP contribution in [0.3, 0.4) is 0 Å². The molecule has 6 heteroatoms. The van der Waals surface area contributed by atoms with E-state index in [9.17, 15) is 9.59 Å². The van der Waals surface area contributed by atoms with Gasteiger partial charge in [0, 0.05) is 32.7 Å². The van der Waals surface area contributed by atoms with Gasteiger partial charge in [-0.2, -0.15) is 0 Å². The number of aliphatic hydroxyl groups is 1. The number of furan rings is 1. The van der Waals surface area contributed by atoms with E-state index in [4.69, 9.17) is 9.52 Å². The van der Waals surface area contributed by atoms with Gasteiger partial charge in [0.1, 0.15) is 6.26 Å². The lowest BCUT2D eigenvalue weighted by molar-refractivity contribution is -0.133. The van der Waals surface area contributed by atoms with Crippen molar-refractivity contribution < 1.29 is 19.1 Å². The minimum Gasteiger partial charge on any atom is -0.472 e. The third-order valence-corrected chi connectivity index (χ3v) is 3.82. The van der Waals surface area contributed by atoms with Gasteiger partial charge in [-0.3, -0.25) is 9.59 Å². The van der Waals surface area contributed by atoms with Gasteiger partial charge >= 0.3 is 0 Å². The molecule has 1 saturated heterocycles. The Kier molecular flexibility index (Phi) is 5.80. The van der Waals surface area contributed by atoms with E-state index in [-0.39, 0.29) is 18.4 Å². The van der Waals surface area contributed by atoms with Crippen LogP contribution in [-0.4, -0.2) is 48.1 Å². The molecule has 0 aliphatic carbocycles. The summed E-state index contributed by atoms with van der Waals surface area (Å²) in [7, 11) is 0. The predicted molar refractivity (Wildman–Crippen MR) is 76.7 cm³/mol. The summed E-state index contributed by atoms with van der Waals surface area (Å²) in [6.07, 6.45) is 5.92. The van der Waals surface area contributed by atoms with Crippen molar-refractivity contribution in [2.24, 2.45) is 5.92 Å². The van der Waals surface area contributed by atoms with Crippen molar-refractivity contribution >= 4 is 11.8 Å². The third kappa shape index (κ3) is 4.60. The Hall–Kier alpha value is -1.82. The van der Waals surface area contributed by atoms with Crippen LogP contribution in [0.5, 0.6) is 0 Å². The smallest absolute Gasteiger partial charge is 0.254 e. The Bertz CT molecular complexity index is 456. The zero-order chi connectivity index (χ0) is 15.1. The van der Waals surface area contributed by atoms with Crippen LogP contribution in [-0.2, 0) is 4.79 Å². The molecule has 6 nitrogen and oxygen atoms in total. The molecule has 1 aromatic heterocycles. The van der Waals surface area contributed by atoms with Gasteiger partial charge in [0.05, 0.1) is 11.8 Å². The molecule has 0 saturated carbocycles. The number of hydrogen-bond donors (Lipinski definition) is 2. The van der Waals surface area contributed by atoms with E-state index in [0.717, 1.165) is 32.4 Å². The molecule has 116 valence electrons. The molecule has 1 fully saturated rings. The number of nitrogens with one attached hydrogen (secondary N) is 1. The number of rotatable bonds is 6. The van der Waals surface area contributed by atoms with Crippen LogP contribution in [0.4, 0.5) is 0 Å². The number of hydrogen-bond acceptors (Lipinski definition) is 4. The van der Waals surface area contributed by atoms with Gasteiger partial charge in [-0.05, 0) is 31.2 Å². The van der Waals surface area contributed by atoms with Gasteiger partial charge in [0.15, 0.2) is 0 Å². The minimum atomic E-state index is -0.228. The first-order valence-corrected chi connectivity index (χ1v) is 7.39. The highest BCUT2D eigenvalue weighted by Gasteiger charge is 2.23. The highest BCUT2D eigenvalue weighted by Crippen LogP contribution is 2.19. The number of aliphatic hydroxyl groups excluding tert-OH is 1. The number of carbonyl (C=O) groups excluding carboxylic acids is 2. The van der Waals surface area contributed by atoms with Crippen LogP contribution in [0.1, 0.15) is 36.0 Å². The second kappa shape index (κ2) is 7.83. The van der Waals surface area contributed by atoms with E-state index < -0.39 is 0 Å². The molecule has 1 aromatic rings. The van der Waals surface area contributed by atoms with Gasteiger partial charge in [0.25, 0.3) is 5.91 Å². The lowest BCUT2D eigenvalue weighted by Gasteiger charge is -2.32. The van der Waals surface area contributed by atoms with E-state index in [1.54, 1.807) is 6.07 Å². The lowest BCUT2D eigenvalue weighted by atomic mass is 9.95. The van der Waals surface area contributed by atoms with Crippen molar-refractivity contribution in [1.82, 2.24) is 10.2 Å². The molecule has 2 N–H and O–H groups in total. The van der Waals surface area contributed by atoms with Gasteiger partial charge in [0.2, 0.25) is 5.91 Å². The fraction of sp³-hybridized carbons (Fsp3) is 0.600. The van der Waals surface area contributed by atoms with Crippen molar-refractivity contribution in [3.8, 4) is 0 Å². The first kappa shape index (κ1) is 15.6. The Balaban J connectivity index is 1.70. The van der Waals surface area contributed by atoms with Crippen molar-refractivity contribution in [1.29, 1.82) is 0 Å². The highest BCUT2D eigenvalue weighted by atomic mass is 16.3. The quantitative estimate of drug-likeness (QED) is 0.820. The molecule has 2 rings (SSSR count). The van der Waals surface area contributed by atoms with Crippen LogP contribution < -0.4 is 5.32 Å². The molecule has 1 aliphatic heterocycles. The van der Waals surface area contributed by atoms with Crippen molar-refractivity contribution in [3.63, 3.8) is 0 Å². The Labute approximate surface area is 124 Å². The monoisotopic (exact) mass is 294 g/mol. The van der Waals surface area contributed by atoms with Crippen molar-refractivity contribution in [2.75, 3.05) is 26.2 Å². The van der Waals surface area contributed by atoms with Gasteiger partial charge in [-0.1, -0.05) is 0 Å². The second-order valence-corrected chi connectivity index (χ2v) is 5.38. The average Bonchev–Trinajstić information content (AvgIpc) is 3.02. The fourth-order valence-electron chi connectivity index (χ4n) is 2.65. The molecule has 1 atom stereocenters. The zero-order valence-electron chi connectivity index (χ0n) is 12.1. The van der Waals surface area contributed by atoms with Gasteiger partial charge < -0.3 is 19.7 Å². The summed E-state index contributed by atoms with van der Waals surface area (Å²) in [4.78, 5) is 25.6. The summed E-state index contributed by atoms with van der Waals surface area (Å²) < 4.78 is 4.84. The number of piperidine rings is 1. The fourth-order valence-corrected chi connectivity index (χ4v) is 2.65. The van der Waals surface area contributed by atoms with Crippen LogP contribution in [0, 0.1) is 5.92 Å². The Morgan fingerprint density at radius 1 is 1.48 bits per heavy atom. The summed E-state index contributed by atoms with van der Waals surface area (Å²) in [6, 6.07) is 1.58.